The Labute approximate surface area is 95.1 Å². The molecule has 1 unspecified atom stereocenters. The molecule has 0 aliphatic heterocycles. The average molecular weight is 211 g/mol. The van der Waals surface area contributed by atoms with Gasteiger partial charge >= 0.3 is 0 Å². The SMILES string of the molecule is CC(C#N)COc1cccc2ccccc12. The Bertz CT molecular complexity index is 522. The third-order valence-electron chi connectivity index (χ3n) is 2.46. The number of rotatable bonds is 3. The van der Waals surface area contributed by atoms with Crippen LogP contribution in [0.5, 0.6) is 5.75 Å². The molecule has 16 heavy (non-hydrogen) atoms. The first kappa shape index (κ1) is 10.5. The van der Waals surface area contributed by atoms with Crippen LogP contribution >= 0.6 is 0 Å². The summed E-state index contributed by atoms with van der Waals surface area (Å²) in [7, 11) is 0. The molecule has 0 heterocycles. The van der Waals surface area contributed by atoms with Gasteiger partial charge in [0, 0.05) is 5.39 Å². The third kappa shape index (κ3) is 2.14. The number of nitriles is 1. The summed E-state index contributed by atoms with van der Waals surface area (Å²) >= 11 is 0. The Balaban J connectivity index is 2.28. The summed E-state index contributed by atoms with van der Waals surface area (Å²) in [5.74, 6) is 0.763. The highest BCUT2D eigenvalue weighted by atomic mass is 16.5. The zero-order valence-corrected chi connectivity index (χ0v) is 9.18. The first-order valence-corrected chi connectivity index (χ1v) is 5.31. The van der Waals surface area contributed by atoms with Crippen molar-refractivity contribution in [3.8, 4) is 11.8 Å². The first-order chi connectivity index (χ1) is 7.81. The van der Waals surface area contributed by atoms with E-state index in [1.54, 1.807) is 0 Å². The van der Waals surface area contributed by atoms with Gasteiger partial charge in [-0.3, -0.25) is 0 Å². The zero-order valence-electron chi connectivity index (χ0n) is 9.18. The normalized spacial score (nSPS) is 12.0. The van der Waals surface area contributed by atoms with Crippen LogP contribution in [0.25, 0.3) is 10.8 Å². The van der Waals surface area contributed by atoms with E-state index in [1.807, 2.05) is 37.3 Å². The van der Waals surface area contributed by atoms with Crippen LogP contribution < -0.4 is 4.74 Å². The Morgan fingerprint density at radius 2 is 1.94 bits per heavy atom. The molecule has 1 atom stereocenters. The van der Waals surface area contributed by atoms with Gasteiger partial charge in [-0.1, -0.05) is 36.4 Å². The Kier molecular flexibility index (Phi) is 3.07. The van der Waals surface area contributed by atoms with E-state index in [4.69, 9.17) is 10.00 Å². The molecule has 2 heteroatoms. The van der Waals surface area contributed by atoms with Gasteiger partial charge in [0.15, 0.2) is 0 Å². The maximum absolute atomic E-state index is 8.70. The number of hydrogen-bond acceptors (Lipinski definition) is 2. The van der Waals surface area contributed by atoms with Crippen molar-refractivity contribution < 1.29 is 4.74 Å². The Morgan fingerprint density at radius 1 is 1.19 bits per heavy atom. The number of benzene rings is 2. The molecule has 80 valence electrons. The fourth-order valence-corrected chi connectivity index (χ4v) is 1.57. The lowest BCUT2D eigenvalue weighted by Crippen LogP contribution is -2.06. The van der Waals surface area contributed by atoms with E-state index in [-0.39, 0.29) is 5.92 Å². The van der Waals surface area contributed by atoms with Crippen LogP contribution in [0.4, 0.5) is 0 Å². The third-order valence-corrected chi connectivity index (χ3v) is 2.46. The van der Waals surface area contributed by atoms with Gasteiger partial charge in [0.25, 0.3) is 0 Å². The Hall–Kier alpha value is -2.01. The molecule has 2 aromatic carbocycles. The maximum Gasteiger partial charge on any atom is 0.127 e. The molecule has 2 rings (SSSR count). The topological polar surface area (TPSA) is 33.0 Å². The van der Waals surface area contributed by atoms with Gasteiger partial charge in [-0.25, -0.2) is 0 Å². The fraction of sp³-hybridized carbons (Fsp3) is 0.214. The molecule has 2 aromatic rings. The molecule has 0 aromatic heterocycles. The second-order valence-electron chi connectivity index (χ2n) is 3.82. The summed E-state index contributed by atoms with van der Waals surface area (Å²) in [5, 5.41) is 10.9. The summed E-state index contributed by atoms with van der Waals surface area (Å²) < 4.78 is 5.65. The quantitative estimate of drug-likeness (QED) is 0.779. The Morgan fingerprint density at radius 3 is 2.75 bits per heavy atom. The molecular weight excluding hydrogens is 198 g/mol. The molecule has 0 spiro atoms. The fourth-order valence-electron chi connectivity index (χ4n) is 1.57. The molecule has 0 saturated carbocycles. The van der Waals surface area contributed by atoms with Crippen molar-refractivity contribution in [1.82, 2.24) is 0 Å². The van der Waals surface area contributed by atoms with Crippen LogP contribution in [0, 0.1) is 17.2 Å². The van der Waals surface area contributed by atoms with Gasteiger partial charge in [0.1, 0.15) is 12.4 Å². The number of hydrogen-bond donors (Lipinski definition) is 0. The molecule has 2 nitrogen and oxygen atoms in total. The molecule has 0 aliphatic rings. The number of nitrogens with zero attached hydrogens (tertiary/aromatic N) is 1. The summed E-state index contributed by atoms with van der Waals surface area (Å²) in [6, 6.07) is 16.2. The van der Waals surface area contributed by atoms with Gasteiger partial charge in [0.05, 0.1) is 12.0 Å². The molecule has 0 radical (unpaired) electrons. The molecule has 0 amide bonds. The molecule has 0 N–H and O–H groups in total. The van der Waals surface area contributed by atoms with Gasteiger partial charge in [-0.15, -0.1) is 0 Å². The van der Waals surface area contributed by atoms with E-state index in [2.05, 4.69) is 18.2 Å². The van der Waals surface area contributed by atoms with E-state index in [1.165, 1.54) is 0 Å². The van der Waals surface area contributed by atoms with Crippen LogP contribution in [-0.4, -0.2) is 6.61 Å². The summed E-state index contributed by atoms with van der Waals surface area (Å²) in [6.45, 7) is 2.29. The highest BCUT2D eigenvalue weighted by Gasteiger charge is 2.04. The smallest absolute Gasteiger partial charge is 0.127 e. The lowest BCUT2D eigenvalue weighted by Gasteiger charge is -2.09. The van der Waals surface area contributed by atoms with Crippen molar-refractivity contribution in [3.05, 3.63) is 42.5 Å². The van der Waals surface area contributed by atoms with E-state index >= 15 is 0 Å². The van der Waals surface area contributed by atoms with Crippen molar-refractivity contribution in [2.75, 3.05) is 6.61 Å². The van der Waals surface area contributed by atoms with E-state index in [0.717, 1.165) is 16.5 Å². The summed E-state index contributed by atoms with van der Waals surface area (Å²) in [6.07, 6.45) is 0. The molecule has 0 fully saturated rings. The van der Waals surface area contributed by atoms with Crippen LogP contribution in [0.15, 0.2) is 42.5 Å². The van der Waals surface area contributed by atoms with Gasteiger partial charge in [-0.2, -0.15) is 5.26 Å². The summed E-state index contributed by atoms with van der Waals surface area (Å²) in [5.41, 5.74) is 0. The van der Waals surface area contributed by atoms with Crippen molar-refractivity contribution in [3.63, 3.8) is 0 Å². The largest absolute Gasteiger partial charge is 0.492 e. The molecular formula is C14H13NO. The molecule has 0 bridgehead atoms. The average Bonchev–Trinajstić information content (AvgIpc) is 2.35. The van der Waals surface area contributed by atoms with E-state index in [0.29, 0.717) is 6.61 Å². The van der Waals surface area contributed by atoms with Crippen LogP contribution in [-0.2, 0) is 0 Å². The standard InChI is InChI=1S/C14H13NO/c1-11(9-15)10-16-14-8-4-6-12-5-2-3-7-13(12)14/h2-8,11H,10H2,1H3. The van der Waals surface area contributed by atoms with E-state index < -0.39 is 0 Å². The van der Waals surface area contributed by atoms with Crippen molar-refractivity contribution in [2.45, 2.75) is 6.92 Å². The van der Waals surface area contributed by atoms with Crippen LogP contribution in [0.2, 0.25) is 0 Å². The molecule has 0 aliphatic carbocycles. The highest BCUT2D eigenvalue weighted by molar-refractivity contribution is 5.88. The highest BCUT2D eigenvalue weighted by Crippen LogP contribution is 2.25. The minimum atomic E-state index is -0.0843. The van der Waals surface area contributed by atoms with E-state index in [9.17, 15) is 0 Å². The van der Waals surface area contributed by atoms with Gasteiger partial charge < -0.3 is 4.74 Å². The zero-order chi connectivity index (χ0) is 11.4. The van der Waals surface area contributed by atoms with Crippen LogP contribution in [0.3, 0.4) is 0 Å². The van der Waals surface area contributed by atoms with Crippen molar-refractivity contribution in [1.29, 1.82) is 5.26 Å². The predicted molar refractivity (Wildman–Crippen MR) is 64.2 cm³/mol. The number of fused-ring (bicyclic) bond motifs is 1. The second kappa shape index (κ2) is 4.67. The lowest BCUT2D eigenvalue weighted by atomic mass is 10.1. The van der Waals surface area contributed by atoms with Gasteiger partial charge in [-0.05, 0) is 18.4 Å². The number of ether oxygens (including phenoxy) is 1. The van der Waals surface area contributed by atoms with Gasteiger partial charge in [0.2, 0.25) is 0 Å². The monoisotopic (exact) mass is 211 g/mol. The lowest BCUT2D eigenvalue weighted by molar-refractivity contribution is 0.291. The predicted octanol–water partition coefficient (Wildman–Crippen LogP) is 3.38. The summed E-state index contributed by atoms with van der Waals surface area (Å²) in [4.78, 5) is 0. The second-order valence-corrected chi connectivity index (χ2v) is 3.82. The minimum absolute atomic E-state index is 0.0843. The maximum atomic E-state index is 8.70. The van der Waals surface area contributed by atoms with Crippen LogP contribution in [0.1, 0.15) is 6.92 Å². The van der Waals surface area contributed by atoms with Crippen molar-refractivity contribution in [2.24, 2.45) is 5.92 Å². The first-order valence-electron chi connectivity index (χ1n) is 5.31. The molecule has 0 saturated heterocycles. The minimum Gasteiger partial charge on any atom is -0.492 e. The van der Waals surface area contributed by atoms with Crippen molar-refractivity contribution >= 4 is 10.8 Å².